The Balaban J connectivity index is 0.000000622. The van der Waals surface area contributed by atoms with E-state index >= 15 is 0 Å². The molecule has 0 aromatic heterocycles. The molecular formula is C19H28ClFeN. The van der Waals surface area contributed by atoms with Crippen LogP contribution < -0.4 is 0 Å². The fourth-order valence-corrected chi connectivity index (χ4v) is 2.35. The van der Waals surface area contributed by atoms with Crippen molar-refractivity contribution in [3.05, 3.63) is 59.1 Å². The van der Waals surface area contributed by atoms with E-state index in [-0.39, 0.29) is 17.1 Å². The molecule has 22 heavy (non-hydrogen) atoms. The van der Waals surface area contributed by atoms with Crippen LogP contribution >= 0.6 is 11.6 Å². The Kier molecular flexibility index (Phi) is 13.7. The molecular weight excluding hydrogens is 334 g/mol. The Labute approximate surface area is 151 Å². The van der Waals surface area contributed by atoms with Crippen molar-refractivity contribution in [2.24, 2.45) is 0 Å². The summed E-state index contributed by atoms with van der Waals surface area (Å²) in [5.74, 6) is 0. The van der Waals surface area contributed by atoms with Crippen LogP contribution in [0.4, 0.5) is 0 Å². The summed E-state index contributed by atoms with van der Waals surface area (Å²) >= 11 is 6.13. The first-order valence-electron chi connectivity index (χ1n) is 8.07. The molecule has 3 heteroatoms. The monoisotopic (exact) mass is 361 g/mol. The Morgan fingerprint density at radius 2 is 1.64 bits per heavy atom. The molecule has 0 atom stereocenters. The minimum atomic E-state index is 0. The quantitative estimate of drug-likeness (QED) is 0.420. The van der Waals surface area contributed by atoms with Crippen molar-refractivity contribution < 1.29 is 17.1 Å². The minimum Gasteiger partial charge on any atom is -0.310 e. The van der Waals surface area contributed by atoms with E-state index < -0.39 is 0 Å². The van der Waals surface area contributed by atoms with Gasteiger partial charge in [0, 0.05) is 0 Å². The van der Waals surface area contributed by atoms with Crippen LogP contribution in [-0.2, 0) is 23.6 Å². The molecule has 0 heterocycles. The zero-order chi connectivity index (χ0) is 15.3. The number of rotatable bonds is 8. The van der Waals surface area contributed by atoms with Gasteiger partial charge in [0.05, 0.1) is 0 Å². The maximum absolute atomic E-state index is 6.13. The SMILES string of the molecule is CCCCN(CCCC)C[c-]1cccc1Cl.[Fe+2].c1cc[cH-]c1. The zero-order valence-electron chi connectivity index (χ0n) is 13.7. The summed E-state index contributed by atoms with van der Waals surface area (Å²) in [4.78, 5) is 2.52. The molecule has 2 aromatic carbocycles. The molecule has 0 radical (unpaired) electrons. The Bertz CT molecular complexity index is 411. The fourth-order valence-electron chi connectivity index (χ4n) is 2.16. The molecule has 0 amide bonds. The molecule has 0 N–H and O–H groups in total. The fraction of sp³-hybridized carbons (Fsp3) is 0.474. The van der Waals surface area contributed by atoms with Gasteiger partial charge >= 0.3 is 17.1 Å². The van der Waals surface area contributed by atoms with Gasteiger partial charge in [-0.3, -0.25) is 0 Å². The molecule has 0 unspecified atom stereocenters. The van der Waals surface area contributed by atoms with E-state index in [9.17, 15) is 0 Å². The molecule has 1 nitrogen and oxygen atoms in total. The van der Waals surface area contributed by atoms with E-state index in [0.29, 0.717) is 0 Å². The average Bonchev–Trinajstić information content (AvgIpc) is 3.17. The van der Waals surface area contributed by atoms with Gasteiger partial charge in [-0.05, 0) is 32.5 Å². The van der Waals surface area contributed by atoms with E-state index in [1.807, 2.05) is 42.5 Å². The van der Waals surface area contributed by atoms with E-state index in [0.717, 1.165) is 11.6 Å². The van der Waals surface area contributed by atoms with Crippen molar-refractivity contribution in [1.29, 1.82) is 0 Å². The second-order valence-electron chi connectivity index (χ2n) is 5.34. The molecule has 124 valence electrons. The summed E-state index contributed by atoms with van der Waals surface area (Å²) in [6.45, 7) is 7.88. The van der Waals surface area contributed by atoms with Gasteiger partial charge in [-0.25, -0.2) is 18.2 Å². The van der Waals surface area contributed by atoms with Crippen LogP contribution in [0.25, 0.3) is 0 Å². The summed E-state index contributed by atoms with van der Waals surface area (Å²) in [6.07, 6.45) is 5.08. The number of hydrogen-bond donors (Lipinski definition) is 0. The number of nitrogens with zero attached hydrogens (tertiary/aromatic N) is 1. The van der Waals surface area contributed by atoms with Crippen LogP contribution in [0.2, 0.25) is 5.02 Å². The first-order chi connectivity index (χ1) is 10.3. The molecule has 0 bridgehead atoms. The van der Waals surface area contributed by atoms with E-state index in [1.54, 1.807) is 0 Å². The van der Waals surface area contributed by atoms with Gasteiger partial charge in [0.25, 0.3) is 0 Å². The zero-order valence-corrected chi connectivity index (χ0v) is 15.6. The average molecular weight is 362 g/mol. The van der Waals surface area contributed by atoms with Crippen LogP contribution in [0.15, 0.2) is 48.5 Å². The smallest absolute Gasteiger partial charge is 0.310 e. The van der Waals surface area contributed by atoms with Gasteiger partial charge in [-0.15, -0.1) is 17.2 Å². The van der Waals surface area contributed by atoms with Crippen LogP contribution in [0.1, 0.15) is 45.1 Å². The van der Waals surface area contributed by atoms with Gasteiger partial charge < -0.3 is 4.90 Å². The van der Waals surface area contributed by atoms with Crippen molar-refractivity contribution in [1.82, 2.24) is 4.90 Å². The number of unbranched alkanes of at least 4 members (excludes halogenated alkanes) is 2. The molecule has 0 saturated heterocycles. The summed E-state index contributed by atoms with van der Waals surface area (Å²) in [5.41, 5.74) is 1.27. The minimum absolute atomic E-state index is 0. The van der Waals surface area contributed by atoms with Crippen molar-refractivity contribution >= 4 is 11.6 Å². The predicted molar refractivity (Wildman–Crippen MR) is 94.2 cm³/mol. The standard InChI is InChI=1S/C14H23ClN.C5H5.Fe/c1-3-5-10-16(11-6-4-2)12-13-8-7-9-14(13)15;1-2-4-5-3-1;/h7-9H,3-6,10-12H2,1-2H3;1-5H;/q2*-1;+2. The van der Waals surface area contributed by atoms with Crippen LogP contribution in [-0.4, -0.2) is 18.0 Å². The van der Waals surface area contributed by atoms with E-state index in [2.05, 4.69) is 24.8 Å². The Morgan fingerprint density at radius 3 is 2.00 bits per heavy atom. The summed E-state index contributed by atoms with van der Waals surface area (Å²) in [6, 6.07) is 16.2. The molecule has 0 aliphatic heterocycles. The van der Waals surface area contributed by atoms with Crippen molar-refractivity contribution in [3.8, 4) is 0 Å². The van der Waals surface area contributed by atoms with E-state index in [1.165, 1.54) is 44.3 Å². The third-order valence-corrected chi connectivity index (χ3v) is 3.82. The summed E-state index contributed by atoms with van der Waals surface area (Å²) in [7, 11) is 0. The largest absolute Gasteiger partial charge is 2.00 e. The maximum Gasteiger partial charge on any atom is 2.00 e. The van der Waals surface area contributed by atoms with Gasteiger partial charge in [0.15, 0.2) is 0 Å². The van der Waals surface area contributed by atoms with Crippen molar-refractivity contribution in [2.45, 2.75) is 46.1 Å². The maximum atomic E-state index is 6.13. The third kappa shape index (κ3) is 9.48. The van der Waals surface area contributed by atoms with Gasteiger partial charge in [-0.1, -0.05) is 31.7 Å². The van der Waals surface area contributed by atoms with Crippen LogP contribution in [0, 0.1) is 0 Å². The molecule has 0 saturated carbocycles. The van der Waals surface area contributed by atoms with Crippen LogP contribution in [0.3, 0.4) is 0 Å². The van der Waals surface area contributed by atoms with Gasteiger partial charge in [-0.2, -0.15) is 30.3 Å². The Morgan fingerprint density at radius 1 is 1.05 bits per heavy atom. The first-order valence-corrected chi connectivity index (χ1v) is 8.44. The van der Waals surface area contributed by atoms with Gasteiger partial charge in [0.2, 0.25) is 0 Å². The van der Waals surface area contributed by atoms with E-state index in [4.69, 9.17) is 11.6 Å². The molecule has 2 rings (SSSR count). The Hall–Kier alpha value is -0.531. The molecule has 0 fully saturated rings. The topological polar surface area (TPSA) is 3.24 Å². The molecule has 0 aliphatic rings. The molecule has 0 spiro atoms. The van der Waals surface area contributed by atoms with Gasteiger partial charge in [0.1, 0.15) is 0 Å². The third-order valence-electron chi connectivity index (χ3n) is 3.45. The molecule has 0 aliphatic carbocycles. The summed E-state index contributed by atoms with van der Waals surface area (Å²) in [5, 5.41) is 0.915. The molecule has 2 aromatic rings. The van der Waals surface area contributed by atoms with Crippen LogP contribution in [0.5, 0.6) is 0 Å². The number of hydrogen-bond acceptors (Lipinski definition) is 1. The second kappa shape index (κ2) is 14.1. The number of halogens is 1. The second-order valence-corrected chi connectivity index (χ2v) is 5.75. The van der Waals surface area contributed by atoms with Crippen molar-refractivity contribution in [3.63, 3.8) is 0 Å². The van der Waals surface area contributed by atoms with Crippen molar-refractivity contribution in [2.75, 3.05) is 13.1 Å². The summed E-state index contributed by atoms with van der Waals surface area (Å²) < 4.78 is 0. The normalized spacial score (nSPS) is 10.0. The first kappa shape index (κ1) is 21.5. The predicted octanol–water partition coefficient (Wildman–Crippen LogP) is 5.86.